The Balaban J connectivity index is 2.15. The fourth-order valence-electron chi connectivity index (χ4n) is 3.01. The predicted octanol–water partition coefficient (Wildman–Crippen LogP) is 1.75. The van der Waals surface area contributed by atoms with Crippen LogP contribution in [0.25, 0.3) is 16.7 Å². The van der Waals surface area contributed by atoms with Crippen LogP contribution in [0.1, 0.15) is 16.7 Å². The fraction of sp³-hybridized carbons (Fsp3) is 0.105. The van der Waals surface area contributed by atoms with Crippen molar-refractivity contribution in [1.82, 2.24) is 18.9 Å². The molecule has 4 aromatic rings. The third kappa shape index (κ3) is 2.36. The number of hydrogen-bond acceptors (Lipinski definition) is 5. The van der Waals surface area contributed by atoms with Gasteiger partial charge in [0, 0.05) is 18.6 Å². The zero-order chi connectivity index (χ0) is 18.3. The monoisotopic (exact) mass is 342 g/mol. The van der Waals surface area contributed by atoms with Gasteiger partial charge < -0.3 is 4.57 Å². The van der Waals surface area contributed by atoms with E-state index in [1.165, 1.54) is 10.5 Å². The Morgan fingerprint density at radius 2 is 2.12 bits per heavy atom. The van der Waals surface area contributed by atoms with E-state index in [9.17, 15) is 10.1 Å². The number of hydrogen-bond donors (Lipinski definition) is 1. The molecule has 0 fully saturated rings. The van der Waals surface area contributed by atoms with E-state index in [0.29, 0.717) is 23.2 Å². The smallest absolute Gasteiger partial charge is 0.267 e. The molecule has 0 unspecified atom stereocenters. The fourth-order valence-corrected chi connectivity index (χ4v) is 3.01. The zero-order valence-electron chi connectivity index (χ0n) is 14.0. The van der Waals surface area contributed by atoms with Crippen LogP contribution in [0.4, 0.5) is 0 Å². The Bertz CT molecular complexity index is 1310. The van der Waals surface area contributed by atoms with Gasteiger partial charge in [-0.05, 0) is 36.2 Å². The van der Waals surface area contributed by atoms with Gasteiger partial charge in [-0.1, -0.05) is 12.1 Å². The minimum Gasteiger partial charge on any atom is -0.305 e. The minimum absolute atomic E-state index is 0.0219. The molecular formula is C19H14N6O. The van der Waals surface area contributed by atoms with Crippen LogP contribution in [-0.2, 0) is 6.54 Å². The van der Waals surface area contributed by atoms with Crippen LogP contribution >= 0.6 is 0 Å². The maximum atomic E-state index is 13.0. The molecule has 0 spiro atoms. The van der Waals surface area contributed by atoms with Gasteiger partial charge in [0.2, 0.25) is 0 Å². The van der Waals surface area contributed by atoms with Gasteiger partial charge in [0.25, 0.3) is 5.56 Å². The molecule has 7 nitrogen and oxygen atoms in total. The van der Waals surface area contributed by atoms with Gasteiger partial charge in [-0.3, -0.25) is 19.6 Å². The number of aryl methyl sites for hydroxylation is 1. The van der Waals surface area contributed by atoms with Crippen LogP contribution in [0, 0.1) is 23.7 Å². The van der Waals surface area contributed by atoms with Crippen molar-refractivity contribution < 1.29 is 0 Å². The van der Waals surface area contributed by atoms with E-state index >= 15 is 0 Å². The van der Waals surface area contributed by atoms with Gasteiger partial charge in [-0.2, -0.15) is 5.26 Å². The minimum atomic E-state index is -0.259. The van der Waals surface area contributed by atoms with Crippen molar-refractivity contribution in [3.63, 3.8) is 0 Å². The van der Waals surface area contributed by atoms with Gasteiger partial charge in [0.15, 0.2) is 0 Å². The molecule has 0 radical (unpaired) electrons. The normalized spacial score (nSPS) is 10.9. The summed E-state index contributed by atoms with van der Waals surface area (Å²) in [5.41, 5.74) is 2.53. The summed E-state index contributed by atoms with van der Waals surface area (Å²) in [5, 5.41) is 18.1. The summed E-state index contributed by atoms with van der Waals surface area (Å²) in [6, 6.07) is 10.8. The molecule has 7 heteroatoms. The number of nitrogens with one attached hydrogen (secondary N) is 1. The van der Waals surface area contributed by atoms with E-state index in [4.69, 9.17) is 5.41 Å². The first-order chi connectivity index (χ1) is 12.6. The molecule has 4 heterocycles. The Morgan fingerprint density at radius 1 is 1.27 bits per heavy atom. The van der Waals surface area contributed by atoms with Gasteiger partial charge in [-0.15, -0.1) is 0 Å². The summed E-state index contributed by atoms with van der Waals surface area (Å²) in [5.74, 6) is 0. The molecule has 0 aromatic carbocycles. The molecule has 0 atom stereocenters. The summed E-state index contributed by atoms with van der Waals surface area (Å²) < 4.78 is 3.05. The SMILES string of the molecule is Cc1cccn2c(=O)c3cc(C#N)c(=N)n(Cc4cccnc4)c3nc12. The number of nitrogens with zero attached hydrogens (tertiary/aromatic N) is 5. The first kappa shape index (κ1) is 15.7. The first-order valence-electron chi connectivity index (χ1n) is 7.99. The van der Waals surface area contributed by atoms with E-state index in [0.717, 1.165) is 11.1 Å². The quantitative estimate of drug-likeness (QED) is 0.561. The van der Waals surface area contributed by atoms with Gasteiger partial charge in [0.05, 0.1) is 17.5 Å². The molecule has 0 aliphatic carbocycles. The Morgan fingerprint density at radius 3 is 2.85 bits per heavy atom. The highest BCUT2D eigenvalue weighted by atomic mass is 16.1. The lowest BCUT2D eigenvalue weighted by atomic mass is 10.2. The number of pyridine rings is 3. The van der Waals surface area contributed by atoms with E-state index in [1.54, 1.807) is 35.3 Å². The van der Waals surface area contributed by atoms with Crippen molar-refractivity contribution in [3.8, 4) is 6.07 Å². The Hall–Kier alpha value is -3.79. The molecule has 126 valence electrons. The zero-order valence-corrected chi connectivity index (χ0v) is 14.0. The lowest BCUT2D eigenvalue weighted by molar-refractivity contribution is 0.746. The lowest BCUT2D eigenvalue weighted by Crippen LogP contribution is -2.28. The topological polar surface area (TPSA) is 99.8 Å². The molecule has 26 heavy (non-hydrogen) atoms. The predicted molar refractivity (Wildman–Crippen MR) is 95.6 cm³/mol. The largest absolute Gasteiger partial charge is 0.305 e. The van der Waals surface area contributed by atoms with Crippen molar-refractivity contribution in [2.24, 2.45) is 0 Å². The molecule has 0 aliphatic rings. The number of fused-ring (bicyclic) bond motifs is 2. The second-order valence-electron chi connectivity index (χ2n) is 6.00. The third-order valence-corrected chi connectivity index (χ3v) is 4.32. The maximum Gasteiger partial charge on any atom is 0.267 e. The van der Waals surface area contributed by atoms with Crippen LogP contribution < -0.4 is 11.0 Å². The number of aromatic nitrogens is 4. The third-order valence-electron chi connectivity index (χ3n) is 4.32. The summed E-state index contributed by atoms with van der Waals surface area (Å²) in [6.45, 7) is 2.18. The highest BCUT2D eigenvalue weighted by Gasteiger charge is 2.14. The molecule has 4 rings (SSSR count). The Labute approximate surface area is 148 Å². The van der Waals surface area contributed by atoms with Crippen LogP contribution in [0.2, 0.25) is 0 Å². The molecule has 0 aliphatic heterocycles. The van der Waals surface area contributed by atoms with Crippen molar-refractivity contribution in [2.45, 2.75) is 13.5 Å². The lowest BCUT2D eigenvalue weighted by Gasteiger charge is -2.13. The van der Waals surface area contributed by atoms with E-state index in [1.807, 2.05) is 25.1 Å². The van der Waals surface area contributed by atoms with Crippen molar-refractivity contribution in [1.29, 1.82) is 10.7 Å². The summed E-state index contributed by atoms with van der Waals surface area (Å²) in [6.07, 6.45) is 5.01. The molecule has 1 N–H and O–H groups in total. The number of nitriles is 1. The van der Waals surface area contributed by atoms with Gasteiger partial charge in [-0.25, -0.2) is 4.98 Å². The molecule has 0 saturated carbocycles. The maximum absolute atomic E-state index is 13.0. The van der Waals surface area contributed by atoms with E-state index < -0.39 is 0 Å². The molecule has 0 saturated heterocycles. The van der Waals surface area contributed by atoms with E-state index in [-0.39, 0.29) is 16.6 Å². The molecule has 0 amide bonds. The first-order valence-corrected chi connectivity index (χ1v) is 7.99. The average molecular weight is 342 g/mol. The van der Waals surface area contributed by atoms with Crippen LogP contribution in [-0.4, -0.2) is 18.9 Å². The molecule has 0 bridgehead atoms. The van der Waals surface area contributed by atoms with Gasteiger partial charge >= 0.3 is 0 Å². The second kappa shape index (κ2) is 5.93. The van der Waals surface area contributed by atoms with Crippen LogP contribution in [0.5, 0.6) is 0 Å². The Kier molecular flexibility index (Phi) is 3.59. The highest BCUT2D eigenvalue weighted by molar-refractivity contribution is 5.78. The molecular weight excluding hydrogens is 328 g/mol. The van der Waals surface area contributed by atoms with Crippen LogP contribution in [0.3, 0.4) is 0 Å². The number of rotatable bonds is 2. The summed E-state index contributed by atoms with van der Waals surface area (Å²) in [4.78, 5) is 21.7. The molecule has 4 aromatic heterocycles. The average Bonchev–Trinajstić information content (AvgIpc) is 2.66. The van der Waals surface area contributed by atoms with Crippen molar-refractivity contribution in [3.05, 3.63) is 81.5 Å². The van der Waals surface area contributed by atoms with Crippen LogP contribution in [0.15, 0.2) is 53.7 Å². The van der Waals surface area contributed by atoms with Crippen molar-refractivity contribution in [2.75, 3.05) is 0 Å². The van der Waals surface area contributed by atoms with E-state index in [2.05, 4.69) is 9.97 Å². The second-order valence-corrected chi connectivity index (χ2v) is 6.00. The van der Waals surface area contributed by atoms with Gasteiger partial charge in [0.1, 0.15) is 22.9 Å². The standard InChI is InChI=1S/C19H14N6O/c1-12-4-3-7-24-17(12)23-18-15(19(24)26)8-14(9-20)16(21)25(18)11-13-5-2-6-22-10-13/h2-8,10,21H,11H2,1H3. The summed E-state index contributed by atoms with van der Waals surface area (Å²) in [7, 11) is 0. The highest BCUT2D eigenvalue weighted by Crippen LogP contribution is 2.13. The summed E-state index contributed by atoms with van der Waals surface area (Å²) >= 11 is 0. The van der Waals surface area contributed by atoms with Crippen molar-refractivity contribution >= 4 is 16.7 Å².